The van der Waals surface area contributed by atoms with Gasteiger partial charge in [-0.3, -0.25) is 9.59 Å². The lowest BCUT2D eigenvalue weighted by Crippen LogP contribution is -2.43. The van der Waals surface area contributed by atoms with Crippen LogP contribution < -0.4 is 11.1 Å². The number of benzene rings is 1. The first-order chi connectivity index (χ1) is 14.1. The molecule has 1 fully saturated rings. The monoisotopic (exact) mass is 452 g/mol. The van der Waals surface area contributed by atoms with Crippen molar-refractivity contribution in [1.29, 1.82) is 0 Å². The van der Waals surface area contributed by atoms with Crippen LogP contribution in [0.5, 0.6) is 0 Å². The van der Waals surface area contributed by atoms with Gasteiger partial charge in [-0.1, -0.05) is 23.7 Å². The van der Waals surface area contributed by atoms with Crippen molar-refractivity contribution in [2.75, 3.05) is 13.1 Å². The molecule has 2 aromatic rings. The Morgan fingerprint density at radius 1 is 1.23 bits per heavy atom. The molecule has 3 rings (SSSR count). The molecule has 0 bridgehead atoms. The first-order valence-electron chi connectivity index (χ1n) is 9.61. The van der Waals surface area contributed by atoms with Crippen molar-refractivity contribution in [3.8, 4) is 0 Å². The van der Waals surface area contributed by atoms with Crippen molar-refractivity contribution >= 4 is 33.4 Å². The fourth-order valence-electron chi connectivity index (χ4n) is 3.62. The summed E-state index contributed by atoms with van der Waals surface area (Å²) in [5.74, 6) is -1.06. The molecule has 1 aliphatic rings. The SMILES string of the molecule is CC(NC(=O)C1CCN(S(=O)(=O)c2cc(C(N)=O)n(C)c2)CC1)c1cccc(Cl)c1. The number of rotatable bonds is 6. The molecule has 10 heteroatoms. The van der Waals surface area contributed by atoms with Crippen LogP contribution in [-0.4, -0.2) is 42.2 Å². The van der Waals surface area contributed by atoms with Crippen molar-refractivity contribution in [2.45, 2.75) is 30.7 Å². The summed E-state index contributed by atoms with van der Waals surface area (Å²) in [6.07, 6.45) is 2.21. The topological polar surface area (TPSA) is 114 Å². The minimum atomic E-state index is -3.76. The second-order valence-electron chi connectivity index (χ2n) is 7.50. The number of sulfonamides is 1. The molecule has 1 unspecified atom stereocenters. The van der Waals surface area contributed by atoms with E-state index >= 15 is 0 Å². The number of nitrogens with one attached hydrogen (secondary N) is 1. The largest absolute Gasteiger partial charge is 0.364 e. The Balaban J connectivity index is 1.62. The Labute approximate surface area is 181 Å². The average Bonchev–Trinajstić information content (AvgIpc) is 3.11. The van der Waals surface area contributed by atoms with E-state index in [4.69, 9.17) is 17.3 Å². The van der Waals surface area contributed by atoms with Gasteiger partial charge in [0.05, 0.1) is 6.04 Å². The molecule has 1 atom stereocenters. The van der Waals surface area contributed by atoms with E-state index in [1.54, 1.807) is 13.1 Å². The van der Waals surface area contributed by atoms with Gasteiger partial charge in [-0.05, 0) is 43.5 Å². The van der Waals surface area contributed by atoms with Crippen LogP contribution in [0.25, 0.3) is 0 Å². The van der Waals surface area contributed by atoms with Gasteiger partial charge in [0.25, 0.3) is 5.91 Å². The number of primary amides is 1. The number of nitrogens with zero attached hydrogens (tertiary/aromatic N) is 2. The van der Waals surface area contributed by atoms with Gasteiger partial charge < -0.3 is 15.6 Å². The van der Waals surface area contributed by atoms with E-state index in [1.807, 2.05) is 25.1 Å². The van der Waals surface area contributed by atoms with Gasteiger partial charge in [-0.2, -0.15) is 4.31 Å². The molecule has 1 aliphatic heterocycles. The molecule has 0 spiro atoms. The molecule has 0 aliphatic carbocycles. The summed E-state index contributed by atoms with van der Waals surface area (Å²) in [4.78, 5) is 24.1. The van der Waals surface area contributed by atoms with Gasteiger partial charge in [-0.15, -0.1) is 0 Å². The number of amides is 2. The Hall–Kier alpha value is -2.36. The normalized spacial score (nSPS) is 16.9. The van der Waals surface area contributed by atoms with Crippen molar-refractivity contribution < 1.29 is 18.0 Å². The molecule has 162 valence electrons. The molecular weight excluding hydrogens is 428 g/mol. The number of carbonyl (C=O) groups excluding carboxylic acids is 2. The van der Waals surface area contributed by atoms with Crippen LogP contribution in [0.1, 0.15) is 41.9 Å². The molecule has 30 heavy (non-hydrogen) atoms. The summed E-state index contributed by atoms with van der Waals surface area (Å²) in [6, 6.07) is 8.39. The summed E-state index contributed by atoms with van der Waals surface area (Å²) in [7, 11) is -2.19. The molecular formula is C20H25ClN4O4S. The molecule has 2 heterocycles. The highest BCUT2D eigenvalue weighted by Gasteiger charge is 2.33. The number of piperidine rings is 1. The lowest BCUT2D eigenvalue weighted by molar-refractivity contribution is -0.126. The van der Waals surface area contributed by atoms with Crippen LogP contribution in [0.15, 0.2) is 41.4 Å². The third-order valence-corrected chi connectivity index (χ3v) is 7.50. The van der Waals surface area contributed by atoms with E-state index in [-0.39, 0.29) is 41.5 Å². The molecule has 2 amide bonds. The van der Waals surface area contributed by atoms with Crippen LogP contribution >= 0.6 is 11.6 Å². The summed E-state index contributed by atoms with van der Waals surface area (Å²) in [5, 5.41) is 3.59. The lowest BCUT2D eigenvalue weighted by Gasteiger charge is -2.31. The quantitative estimate of drug-likeness (QED) is 0.697. The van der Waals surface area contributed by atoms with E-state index in [9.17, 15) is 18.0 Å². The van der Waals surface area contributed by atoms with Gasteiger partial charge >= 0.3 is 0 Å². The molecule has 1 aromatic carbocycles. The lowest BCUT2D eigenvalue weighted by atomic mass is 9.96. The maximum atomic E-state index is 12.9. The van der Waals surface area contributed by atoms with Gasteiger partial charge in [0.15, 0.2) is 0 Å². The van der Waals surface area contributed by atoms with E-state index in [0.29, 0.717) is 17.9 Å². The number of hydrogen-bond donors (Lipinski definition) is 2. The first-order valence-corrected chi connectivity index (χ1v) is 11.4. The minimum absolute atomic E-state index is 0.0243. The summed E-state index contributed by atoms with van der Waals surface area (Å²) in [5.41, 5.74) is 6.30. The number of halogens is 1. The van der Waals surface area contributed by atoms with Crippen molar-refractivity contribution in [3.63, 3.8) is 0 Å². The zero-order valence-electron chi connectivity index (χ0n) is 16.8. The van der Waals surface area contributed by atoms with Crippen LogP contribution in [0.4, 0.5) is 0 Å². The highest BCUT2D eigenvalue weighted by atomic mass is 35.5. The second-order valence-corrected chi connectivity index (χ2v) is 9.87. The molecule has 0 radical (unpaired) electrons. The van der Waals surface area contributed by atoms with Gasteiger partial charge in [0.2, 0.25) is 15.9 Å². The maximum absolute atomic E-state index is 12.9. The van der Waals surface area contributed by atoms with Gasteiger partial charge in [-0.25, -0.2) is 8.42 Å². The van der Waals surface area contributed by atoms with Crippen LogP contribution in [0, 0.1) is 5.92 Å². The summed E-state index contributed by atoms with van der Waals surface area (Å²) < 4.78 is 28.5. The Kier molecular flexibility index (Phi) is 6.54. The molecule has 0 saturated carbocycles. The van der Waals surface area contributed by atoms with Crippen molar-refractivity contribution in [1.82, 2.24) is 14.2 Å². The fraction of sp³-hybridized carbons (Fsp3) is 0.400. The molecule has 3 N–H and O–H groups in total. The van der Waals surface area contributed by atoms with Crippen molar-refractivity contribution in [2.24, 2.45) is 18.7 Å². The highest BCUT2D eigenvalue weighted by molar-refractivity contribution is 7.89. The first kappa shape index (κ1) is 22.3. The maximum Gasteiger partial charge on any atom is 0.265 e. The summed E-state index contributed by atoms with van der Waals surface area (Å²) >= 11 is 6.01. The highest BCUT2D eigenvalue weighted by Crippen LogP contribution is 2.26. The van der Waals surface area contributed by atoms with Crippen LogP contribution in [0.3, 0.4) is 0 Å². The van der Waals surface area contributed by atoms with Crippen LogP contribution in [0.2, 0.25) is 5.02 Å². The third kappa shape index (κ3) is 4.69. The number of hydrogen-bond acceptors (Lipinski definition) is 4. The summed E-state index contributed by atoms with van der Waals surface area (Å²) in [6.45, 7) is 2.34. The number of aryl methyl sites for hydroxylation is 1. The predicted molar refractivity (Wildman–Crippen MR) is 113 cm³/mol. The zero-order valence-corrected chi connectivity index (χ0v) is 18.4. The van der Waals surface area contributed by atoms with E-state index in [2.05, 4.69) is 5.32 Å². The Bertz CT molecular complexity index is 1060. The number of nitrogens with two attached hydrogens (primary N) is 1. The van der Waals surface area contributed by atoms with Gasteiger partial charge in [0.1, 0.15) is 10.6 Å². The smallest absolute Gasteiger partial charge is 0.265 e. The predicted octanol–water partition coefficient (Wildman–Crippen LogP) is 2.06. The minimum Gasteiger partial charge on any atom is -0.364 e. The standard InChI is InChI=1S/C20H25ClN4O4S/c1-13(15-4-3-5-16(21)10-15)23-20(27)14-6-8-25(9-7-14)30(28,29)17-11-18(19(22)26)24(2)12-17/h3-5,10-14H,6-9H2,1-2H3,(H2,22,26)(H,23,27). The Morgan fingerprint density at radius 3 is 2.47 bits per heavy atom. The second kappa shape index (κ2) is 8.79. The molecule has 1 aromatic heterocycles. The number of aromatic nitrogens is 1. The van der Waals surface area contributed by atoms with E-state index in [0.717, 1.165) is 5.56 Å². The molecule has 8 nitrogen and oxygen atoms in total. The third-order valence-electron chi connectivity index (χ3n) is 5.40. The molecule has 1 saturated heterocycles. The van der Waals surface area contributed by atoms with Crippen molar-refractivity contribution in [3.05, 3.63) is 52.8 Å². The average molecular weight is 453 g/mol. The zero-order chi connectivity index (χ0) is 22.1. The van der Waals surface area contributed by atoms with E-state index < -0.39 is 15.9 Å². The van der Waals surface area contributed by atoms with E-state index in [1.165, 1.54) is 21.1 Å². The van der Waals surface area contributed by atoms with Crippen LogP contribution in [-0.2, 0) is 21.9 Å². The Morgan fingerprint density at radius 2 is 1.90 bits per heavy atom. The fourth-order valence-corrected chi connectivity index (χ4v) is 5.36. The number of carbonyl (C=O) groups is 2. The van der Waals surface area contributed by atoms with Gasteiger partial charge in [0, 0.05) is 37.3 Å².